The molecule has 0 spiro atoms. The van der Waals surface area contributed by atoms with E-state index in [1.54, 1.807) is 17.5 Å². The lowest BCUT2D eigenvalue weighted by atomic mass is 10.1. The Labute approximate surface area is 131 Å². The van der Waals surface area contributed by atoms with E-state index >= 15 is 0 Å². The van der Waals surface area contributed by atoms with Crippen molar-refractivity contribution in [2.75, 3.05) is 23.3 Å². The van der Waals surface area contributed by atoms with Crippen molar-refractivity contribution in [3.05, 3.63) is 12.3 Å². The van der Waals surface area contributed by atoms with Crippen molar-refractivity contribution in [1.82, 2.24) is 9.97 Å². The van der Waals surface area contributed by atoms with Crippen molar-refractivity contribution in [3.63, 3.8) is 0 Å². The van der Waals surface area contributed by atoms with Crippen LogP contribution in [0.5, 0.6) is 0 Å². The van der Waals surface area contributed by atoms with Crippen LogP contribution in [0.2, 0.25) is 0 Å². The zero-order chi connectivity index (χ0) is 15.1. The molecular formula is C15H17FN4OS. The number of anilines is 2. The van der Waals surface area contributed by atoms with E-state index in [4.69, 9.17) is 0 Å². The number of halogens is 1. The molecule has 0 radical (unpaired) electrons. The zero-order valence-corrected chi connectivity index (χ0v) is 12.9. The molecular weight excluding hydrogens is 303 g/mol. The van der Waals surface area contributed by atoms with Crippen molar-refractivity contribution in [3.8, 4) is 0 Å². The van der Waals surface area contributed by atoms with Gasteiger partial charge in [-0.05, 0) is 31.7 Å². The summed E-state index contributed by atoms with van der Waals surface area (Å²) in [7, 11) is 0. The summed E-state index contributed by atoms with van der Waals surface area (Å²) in [5.41, 5.74) is 0.837. The number of hydrogen-bond acceptors (Lipinski definition) is 5. The Kier molecular flexibility index (Phi) is 3.44. The number of rotatable bonds is 3. The number of alkyl halides is 1. The maximum absolute atomic E-state index is 13.0. The fraction of sp³-hybridized carbons (Fsp3) is 0.533. The topological polar surface area (TPSA) is 58.1 Å². The smallest absolute Gasteiger partial charge is 0.231 e. The molecule has 22 heavy (non-hydrogen) atoms. The molecule has 3 heterocycles. The Morgan fingerprint density at radius 1 is 1.36 bits per heavy atom. The minimum Gasteiger partial charge on any atom is -0.348 e. The number of hydrogen-bond donors (Lipinski definition) is 1. The second kappa shape index (κ2) is 5.46. The lowest BCUT2D eigenvalue weighted by Crippen LogP contribution is -2.29. The summed E-state index contributed by atoms with van der Waals surface area (Å²) in [4.78, 5) is 23.1. The van der Waals surface area contributed by atoms with Gasteiger partial charge in [0, 0.05) is 19.3 Å². The number of piperidine rings is 1. The molecule has 1 N–H and O–H groups in total. The number of nitrogens with one attached hydrogen (secondary N) is 1. The number of thiazole rings is 1. The summed E-state index contributed by atoms with van der Waals surface area (Å²) in [5.74, 6) is -0.283. The first-order chi connectivity index (χ1) is 10.7. The van der Waals surface area contributed by atoms with Gasteiger partial charge in [-0.15, -0.1) is 0 Å². The van der Waals surface area contributed by atoms with Crippen LogP contribution in [0.25, 0.3) is 10.2 Å². The molecule has 1 aliphatic heterocycles. The molecule has 2 aliphatic rings. The predicted molar refractivity (Wildman–Crippen MR) is 85.1 cm³/mol. The minimum absolute atomic E-state index is 0.277. The summed E-state index contributed by atoms with van der Waals surface area (Å²) >= 11 is 1.55. The van der Waals surface area contributed by atoms with Crippen molar-refractivity contribution in [2.45, 2.75) is 31.9 Å². The first-order valence-electron chi connectivity index (χ1n) is 7.68. The first-order valence-corrected chi connectivity index (χ1v) is 8.49. The third kappa shape index (κ3) is 2.54. The van der Waals surface area contributed by atoms with Crippen LogP contribution in [0.1, 0.15) is 25.7 Å². The molecule has 2 atom stereocenters. The molecule has 5 nitrogen and oxygen atoms in total. The van der Waals surface area contributed by atoms with Crippen molar-refractivity contribution < 1.29 is 9.18 Å². The lowest BCUT2D eigenvalue weighted by molar-refractivity contribution is -0.117. The van der Waals surface area contributed by atoms with Crippen LogP contribution in [-0.4, -0.2) is 35.1 Å². The SMILES string of the molecule is O=C(Nc1nccc2nc(N3CCCCC3)sc12)C1CC1F. The second-order valence-corrected chi connectivity index (χ2v) is 6.88. The molecule has 0 bridgehead atoms. The molecule has 1 saturated carbocycles. The number of amides is 1. The Hall–Kier alpha value is -1.76. The molecule has 7 heteroatoms. The maximum Gasteiger partial charge on any atom is 0.231 e. The first kappa shape index (κ1) is 13.9. The second-order valence-electron chi connectivity index (χ2n) is 5.90. The van der Waals surface area contributed by atoms with E-state index < -0.39 is 12.1 Å². The van der Waals surface area contributed by atoms with Crippen LogP contribution in [0.15, 0.2) is 12.3 Å². The molecule has 116 valence electrons. The van der Waals surface area contributed by atoms with E-state index in [9.17, 15) is 9.18 Å². The van der Waals surface area contributed by atoms with Gasteiger partial charge >= 0.3 is 0 Å². The Bertz CT molecular complexity index is 713. The van der Waals surface area contributed by atoms with Crippen molar-refractivity contribution in [2.24, 2.45) is 5.92 Å². The maximum atomic E-state index is 13.0. The van der Waals surface area contributed by atoms with E-state index in [-0.39, 0.29) is 5.91 Å². The molecule has 2 aromatic heterocycles. The predicted octanol–water partition coefficient (Wildman–Crippen LogP) is 2.98. The van der Waals surface area contributed by atoms with Crippen LogP contribution in [-0.2, 0) is 4.79 Å². The van der Waals surface area contributed by atoms with Crippen LogP contribution >= 0.6 is 11.3 Å². The highest BCUT2D eigenvalue weighted by Gasteiger charge is 2.43. The Morgan fingerprint density at radius 3 is 2.86 bits per heavy atom. The monoisotopic (exact) mass is 320 g/mol. The Morgan fingerprint density at radius 2 is 2.14 bits per heavy atom. The highest BCUT2D eigenvalue weighted by Crippen LogP contribution is 2.37. The van der Waals surface area contributed by atoms with Crippen LogP contribution in [0, 0.1) is 5.92 Å². The summed E-state index contributed by atoms with van der Waals surface area (Å²) in [6, 6.07) is 1.85. The standard InChI is InChI=1S/C15H17FN4OS/c16-10-8-9(10)14(21)19-13-12-11(4-5-17-13)18-15(22-12)20-6-2-1-3-7-20/h4-5,9-10H,1-3,6-8H2,(H,17,19,21). The van der Waals surface area contributed by atoms with E-state index in [1.807, 2.05) is 6.07 Å². The summed E-state index contributed by atoms with van der Waals surface area (Å²) in [5, 5.41) is 3.74. The molecule has 2 fully saturated rings. The summed E-state index contributed by atoms with van der Waals surface area (Å²) in [6.07, 6.45) is 4.62. The summed E-state index contributed by atoms with van der Waals surface area (Å²) in [6.45, 7) is 2.06. The number of aromatic nitrogens is 2. The van der Waals surface area contributed by atoms with Crippen molar-refractivity contribution in [1.29, 1.82) is 0 Å². The third-order valence-corrected chi connectivity index (χ3v) is 5.35. The van der Waals surface area contributed by atoms with Gasteiger partial charge in [0.25, 0.3) is 0 Å². The Balaban J connectivity index is 1.61. The average Bonchev–Trinajstić information content (AvgIpc) is 3.11. The number of carbonyl (C=O) groups excluding carboxylic acids is 1. The van der Waals surface area contributed by atoms with Gasteiger partial charge in [0.15, 0.2) is 10.9 Å². The minimum atomic E-state index is -0.996. The van der Waals surface area contributed by atoms with Gasteiger partial charge in [0.1, 0.15) is 6.17 Å². The van der Waals surface area contributed by atoms with Gasteiger partial charge in [-0.25, -0.2) is 14.4 Å². The van der Waals surface area contributed by atoms with Crippen LogP contribution in [0.4, 0.5) is 15.3 Å². The number of pyridine rings is 1. The van der Waals surface area contributed by atoms with E-state index in [2.05, 4.69) is 20.2 Å². The van der Waals surface area contributed by atoms with E-state index in [1.165, 1.54) is 19.3 Å². The van der Waals surface area contributed by atoms with Gasteiger partial charge < -0.3 is 10.2 Å². The number of carbonyl (C=O) groups is 1. The molecule has 1 saturated heterocycles. The van der Waals surface area contributed by atoms with Gasteiger partial charge in [-0.1, -0.05) is 11.3 Å². The highest BCUT2D eigenvalue weighted by atomic mass is 32.1. The normalized spacial score (nSPS) is 24.5. The molecule has 1 aliphatic carbocycles. The molecule has 2 unspecified atom stereocenters. The lowest BCUT2D eigenvalue weighted by Gasteiger charge is -2.25. The van der Waals surface area contributed by atoms with Gasteiger partial charge in [-0.3, -0.25) is 4.79 Å². The largest absolute Gasteiger partial charge is 0.348 e. The highest BCUT2D eigenvalue weighted by molar-refractivity contribution is 7.22. The average molecular weight is 320 g/mol. The van der Waals surface area contributed by atoms with Gasteiger partial charge in [0.05, 0.1) is 16.1 Å². The molecule has 1 amide bonds. The van der Waals surface area contributed by atoms with Crippen LogP contribution in [0.3, 0.4) is 0 Å². The van der Waals surface area contributed by atoms with E-state index in [0.29, 0.717) is 12.2 Å². The zero-order valence-electron chi connectivity index (χ0n) is 12.1. The third-order valence-electron chi connectivity index (χ3n) is 4.21. The number of nitrogens with zero attached hydrogens (tertiary/aromatic N) is 3. The summed E-state index contributed by atoms with van der Waals surface area (Å²) < 4.78 is 13.9. The van der Waals surface area contributed by atoms with E-state index in [0.717, 1.165) is 28.4 Å². The van der Waals surface area contributed by atoms with Gasteiger partial charge in [-0.2, -0.15) is 0 Å². The number of fused-ring (bicyclic) bond motifs is 1. The molecule has 2 aromatic rings. The molecule has 4 rings (SSSR count). The fourth-order valence-electron chi connectivity index (χ4n) is 2.80. The van der Waals surface area contributed by atoms with Crippen LogP contribution < -0.4 is 10.2 Å². The van der Waals surface area contributed by atoms with Crippen molar-refractivity contribution >= 4 is 38.4 Å². The van der Waals surface area contributed by atoms with Gasteiger partial charge in [0.2, 0.25) is 5.91 Å². The quantitative estimate of drug-likeness (QED) is 0.944. The fourth-order valence-corrected chi connectivity index (χ4v) is 3.85. The molecule has 0 aromatic carbocycles.